The van der Waals surface area contributed by atoms with Crippen LogP contribution in [-0.2, 0) is 5.60 Å². The van der Waals surface area contributed by atoms with Crippen LogP contribution in [0.25, 0.3) is 44.3 Å². The van der Waals surface area contributed by atoms with Gasteiger partial charge in [-0.2, -0.15) is 0 Å². The summed E-state index contributed by atoms with van der Waals surface area (Å²) in [5.74, 6) is 4.52. The van der Waals surface area contributed by atoms with Gasteiger partial charge >= 0.3 is 0 Å². The lowest BCUT2D eigenvalue weighted by Crippen LogP contribution is -2.16. The average molecular weight is 723 g/mol. The fourth-order valence-corrected chi connectivity index (χ4v) is 8.09. The maximum Gasteiger partial charge on any atom is 0.123 e. The van der Waals surface area contributed by atoms with Crippen molar-refractivity contribution in [3.8, 4) is 28.0 Å². The number of imidazole rings is 2. The lowest BCUT2D eigenvalue weighted by molar-refractivity contribution is 0.0792. The lowest BCUT2D eigenvalue weighted by atomic mass is 9.89. The molecule has 4 unspecified atom stereocenters. The monoisotopic (exact) mass is 722 g/mol. The van der Waals surface area contributed by atoms with Crippen LogP contribution in [0.1, 0.15) is 89.8 Å². The Kier molecular flexibility index (Phi) is 8.66. The number of benzene rings is 6. The molecule has 2 fully saturated rings. The number of phenols is 1. The van der Waals surface area contributed by atoms with Crippen LogP contribution in [0.3, 0.4) is 0 Å². The minimum absolute atomic E-state index is 0.299. The molecule has 0 aliphatic heterocycles. The molecular weight excluding hydrogens is 677 g/mol. The number of para-hydroxylation sites is 1. The molecule has 2 aliphatic rings. The second-order valence-corrected chi connectivity index (χ2v) is 16.0. The largest absolute Gasteiger partial charge is 0.507 e. The van der Waals surface area contributed by atoms with Crippen molar-refractivity contribution in [3.63, 3.8) is 0 Å². The number of phenolic OH excluding ortho intramolecular Hbond substituents is 1. The average Bonchev–Trinajstić information content (AvgIpc) is 4.08. The van der Waals surface area contributed by atoms with Gasteiger partial charge in [0.15, 0.2) is 0 Å². The van der Waals surface area contributed by atoms with E-state index in [0.717, 1.165) is 74.4 Å². The van der Waals surface area contributed by atoms with Crippen LogP contribution in [0.4, 0.5) is 0 Å². The van der Waals surface area contributed by atoms with Crippen molar-refractivity contribution >= 4 is 22.1 Å². The van der Waals surface area contributed by atoms with Crippen LogP contribution in [0.5, 0.6) is 5.75 Å². The molecular formula is C49H46N4O2. The zero-order valence-electron chi connectivity index (χ0n) is 31.7. The van der Waals surface area contributed by atoms with Crippen molar-refractivity contribution in [1.82, 2.24) is 19.9 Å². The molecule has 10 rings (SSSR count). The first-order valence-corrected chi connectivity index (χ1v) is 19.3. The molecule has 55 heavy (non-hydrogen) atoms. The van der Waals surface area contributed by atoms with Gasteiger partial charge in [0.2, 0.25) is 0 Å². The SMILES string of the molecule is Cc1ccc(C2CC2c2nc3ccc(-c4ccccc4C(C)(C)O)cc3[nH]2)cc1.Cc1ccc(C2CC2c2nc3ccc(-c4ccccc4O)cc3[nH]2)cc1. The number of fused-ring (bicyclic) bond motifs is 2. The van der Waals surface area contributed by atoms with E-state index in [4.69, 9.17) is 9.97 Å². The van der Waals surface area contributed by atoms with Crippen molar-refractivity contribution in [3.05, 3.63) is 173 Å². The summed E-state index contributed by atoms with van der Waals surface area (Å²) >= 11 is 0. The van der Waals surface area contributed by atoms with Gasteiger partial charge in [-0.05, 0) is 116 Å². The molecule has 8 aromatic rings. The molecule has 274 valence electrons. The summed E-state index contributed by atoms with van der Waals surface area (Å²) in [6.45, 7) is 7.91. The summed E-state index contributed by atoms with van der Waals surface area (Å²) in [5.41, 5.74) is 13.5. The maximum atomic E-state index is 10.6. The third-order valence-electron chi connectivity index (χ3n) is 11.4. The van der Waals surface area contributed by atoms with Crippen molar-refractivity contribution in [2.24, 2.45) is 0 Å². The number of hydrogen-bond acceptors (Lipinski definition) is 4. The Bertz CT molecular complexity index is 2650. The number of nitrogens with one attached hydrogen (secondary N) is 2. The number of aromatic amines is 2. The zero-order chi connectivity index (χ0) is 37.8. The maximum absolute atomic E-state index is 10.6. The Labute approximate surface area is 322 Å². The standard InChI is InChI=1S/C26H26N2O.C23H20N2O/c1-16-8-10-17(11-9-16)20-15-21(20)25-27-23-13-12-18(14-24(23)28-25)19-6-4-5-7-22(19)26(2,3)29;1-14-6-8-15(9-7-14)18-13-19(18)23-24-20-11-10-16(12-21(20)25-23)17-4-2-3-5-22(17)26/h4-14,20-21,29H,15H2,1-3H3,(H,27,28);2-12,18-19,26H,13H2,1H3,(H,24,25). The van der Waals surface area contributed by atoms with E-state index in [-0.39, 0.29) is 0 Å². The number of aromatic nitrogens is 4. The van der Waals surface area contributed by atoms with E-state index in [0.29, 0.717) is 29.4 Å². The predicted molar refractivity (Wildman–Crippen MR) is 223 cm³/mol. The molecule has 2 aliphatic carbocycles. The molecule has 2 aromatic heterocycles. The smallest absolute Gasteiger partial charge is 0.123 e. The molecule has 2 heterocycles. The molecule has 2 saturated carbocycles. The van der Waals surface area contributed by atoms with E-state index in [1.165, 1.54) is 22.3 Å². The molecule has 0 spiro atoms. The van der Waals surface area contributed by atoms with Gasteiger partial charge in [0, 0.05) is 17.4 Å². The van der Waals surface area contributed by atoms with Gasteiger partial charge in [-0.1, -0.05) is 114 Å². The third-order valence-corrected chi connectivity index (χ3v) is 11.4. The van der Waals surface area contributed by atoms with Crippen LogP contribution in [0.2, 0.25) is 0 Å². The van der Waals surface area contributed by atoms with Crippen LogP contribution in [0.15, 0.2) is 133 Å². The van der Waals surface area contributed by atoms with E-state index < -0.39 is 5.60 Å². The highest BCUT2D eigenvalue weighted by molar-refractivity contribution is 5.84. The van der Waals surface area contributed by atoms with Crippen molar-refractivity contribution in [2.45, 2.75) is 69.8 Å². The Morgan fingerprint density at radius 3 is 1.49 bits per heavy atom. The second-order valence-electron chi connectivity index (χ2n) is 16.0. The fourth-order valence-electron chi connectivity index (χ4n) is 8.09. The molecule has 4 atom stereocenters. The number of aryl methyl sites for hydroxylation is 2. The van der Waals surface area contributed by atoms with Crippen LogP contribution in [0, 0.1) is 13.8 Å². The van der Waals surface area contributed by atoms with Crippen molar-refractivity contribution in [2.75, 3.05) is 0 Å². The Morgan fingerprint density at radius 2 is 1.00 bits per heavy atom. The predicted octanol–water partition coefficient (Wildman–Crippen LogP) is 11.6. The number of nitrogens with zero attached hydrogens (tertiary/aromatic N) is 2. The number of hydrogen-bond donors (Lipinski definition) is 4. The topological polar surface area (TPSA) is 97.8 Å². The summed E-state index contributed by atoms with van der Waals surface area (Å²) < 4.78 is 0. The highest BCUT2D eigenvalue weighted by Gasteiger charge is 2.42. The molecule has 0 bridgehead atoms. The highest BCUT2D eigenvalue weighted by Crippen LogP contribution is 2.55. The molecule has 6 aromatic carbocycles. The minimum Gasteiger partial charge on any atom is -0.507 e. The molecule has 6 heteroatoms. The number of aliphatic hydroxyl groups is 1. The van der Waals surface area contributed by atoms with Crippen molar-refractivity contribution < 1.29 is 10.2 Å². The van der Waals surface area contributed by atoms with Gasteiger partial charge in [0.1, 0.15) is 17.4 Å². The summed E-state index contributed by atoms with van der Waals surface area (Å²) in [4.78, 5) is 16.7. The summed E-state index contributed by atoms with van der Waals surface area (Å²) in [5, 5.41) is 20.7. The van der Waals surface area contributed by atoms with Gasteiger partial charge in [-0.15, -0.1) is 0 Å². The molecule has 0 amide bonds. The Hall–Kier alpha value is -5.98. The first-order valence-electron chi connectivity index (χ1n) is 19.3. The summed E-state index contributed by atoms with van der Waals surface area (Å²) in [6, 6.07) is 45.6. The van der Waals surface area contributed by atoms with Gasteiger partial charge in [0.25, 0.3) is 0 Å². The zero-order valence-corrected chi connectivity index (χ0v) is 31.7. The summed E-state index contributed by atoms with van der Waals surface area (Å²) in [7, 11) is 0. The van der Waals surface area contributed by atoms with Gasteiger partial charge < -0.3 is 20.2 Å². The molecule has 6 nitrogen and oxygen atoms in total. The normalized spacial score (nSPS) is 18.9. The summed E-state index contributed by atoms with van der Waals surface area (Å²) in [6.07, 6.45) is 2.30. The van der Waals surface area contributed by atoms with Crippen LogP contribution >= 0.6 is 0 Å². The Morgan fingerprint density at radius 1 is 0.545 bits per heavy atom. The van der Waals surface area contributed by atoms with Crippen LogP contribution < -0.4 is 0 Å². The first kappa shape index (κ1) is 34.8. The Balaban J connectivity index is 0.000000145. The second kappa shape index (κ2) is 13.7. The highest BCUT2D eigenvalue weighted by atomic mass is 16.3. The minimum atomic E-state index is -0.889. The van der Waals surface area contributed by atoms with E-state index in [2.05, 4.69) is 103 Å². The van der Waals surface area contributed by atoms with E-state index in [1.54, 1.807) is 6.07 Å². The van der Waals surface area contributed by atoms with E-state index in [1.807, 2.05) is 62.4 Å². The van der Waals surface area contributed by atoms with Crippen molar-refractivity contribution in [1.29, 1.82) is 0 Å². The quantitative estimate of drug-likeness (QED) is 0.132. The number of rotatable bonds is 7. The first-order chi connectivity index (χ1) is 26.6. The number of aromatic hydroxyl groups is 1. The van der Waals surface area contributed by atoms with E-state index >= 15 is 0 Å². The molecule has 0 saturated heterocycles. The van der Waals surface area contributed by atoms with E-state index in [9.17, 15) is 10.2 Å². The lowest BCUT2D eigenvalue weighted by Gasteiger charge is -2.21. The fraction of sp³-hybridized carbons (Fsp3) is 0.224. The van der Waals surface area contributed by atoms with Gasteiger partial charge in [0.05, 0.1) is 27.7 Å². The van der Waals surface area contributed by atoms with Gasteiger partial charge in [-0.25, -0.2) is 9.97 Å². The number of H-pyrrole nitrogens is 2. The molecule has 0 radical (unpaired) electrons. The third kappa shape index (κ3) is 7.06. The van der Waals surface area contributed by atoms with Crippen LogP contribution in [-0.4, -0.2) is 30.1 Å². The molecule has 4 N–H and O–H groups in total. The van der Waals surface area contributed by atoms with Gasteiger partial charge in [-0.3, -0.25) is 0 Å².